The minimum atomic E-state index is 0.0152. The quantitative estimate of drug-likeness (QED) is 0.525. The zero-order valence-electron chi connectivity index (χ0n) is 20.5. The van der Waals surface area contributed by atoms with Crippen LogP contribution in [0.1, 0.15) is 91.4 Å². The van der Waals surface area contributed by atoms with Crippen LogP contribution in [0.4, 0.5) is 0 Å². The number of fused-ring (bicyclic) bond motifs is 5. The average molecular weight is 442 g/mol. The van der Waals surface area contributed by atoms with Crippen molar-refractivity contribution in [3.8, 4) is 0 Å². The van der Waals surface area contributed by atoms with Crippen molar-refractivity contribution >= 4 is 11.8 Å². The van der Waals surface area contributed by atoms with E-state index in [9.17, 15) is 9.59 Å². The number of allylic oxidation sites excluding steroid dienone is 2. The fraction of sp³-hybridized carbons (Fsp3) is 0.857. The van der Waals surface area contributed by atoms with Gasteiger partial charge in [0.05, 0.1) is 6.42 Å². The van der Waals surface area contributed by atoms with Gasteiger partial charge in [0, 0.05) is 6.54 Å². The Labute approximate surface area is 194 Å². The second-order valence-electron chi connectivity index (χ2n) is 12.2. The summed E-state index contributed by atoms with van der Waals surface area (Å²) in [6.07, 6.45) is 14.9. The maximum atomic E-state index is 12.5. The number of hydrogen-bond acceptors (Lipinski definition) is 4. The molecule has 4 aliphatic carbocycles. The van der Waals surface area contributed by atoms with Gasteiger partial charge in [-0.1, -0.05) is 19.9 Å². The smallest absolute Gasteiger partial charge is 0.307 e. The number of rotatable bonds is 5. The summed E-state index contributed by atoms with van der Waals surface area (Å²) in [5, 5.41) is 0. The van der Waals surface area contributed by atoms with Crippen molar-refractivity contribution in [2.24, 2.45) is 34.5 Å². The predicted octanol–water partition coefficient (Wildman–Crippen LogP) is 5.55. The summed E-state index contributed by atoms with van der Waals surface area (Å²) < 4.78 is 6.00. The van der Waals surface area contributed by atoms with Gasteiger partial charge in [0.2, 0.25) is 0 Å². The van der Waals surface area contributed by atoms with E-state index in [4.69, 9.17) is 4.74 Å². The van der Waals surface area contributed by atoms with E-state index in [1.54, 1.807) is 6.92 Å². The molecule has 4 heteroatoms. The molecule has 1 aliphatic heterocycles. The van der Waals surface area contributed by atoms with Gasteiger partial charge in [0.15, 0.2) is 5.78 Å². The second-order valence-corrected chi connectivity index (χ2v) is 12.2. The molecule has 1 saturated heterocycles. The molecular formula is C28H43NO3. The predicted molar refractivity (Wildman–Crippen MR) is 126 cm³/mol. The topological polar surface area (TPSA) is 46.6 Å². The summed E-state index contributed by atoms with van der Waals surface area (Å²) in [4.78, 5) is 27.2. The van der Waals surface area contributed by atoms with E-state index < -0.39 is 0 Å². The molecule has 0 spiro atoms. The molecule has 7 atom stereocenters. The number of nitrogens with zero attached hydrogens (tertiary/aromatic N) is 1. The van der Waals surface area contributed by atoms with E-state index >= 15 is 0 Å². The highest BCUT2D eigenvalue weighted by Crippen LogP contribution is 2.66. The van der Waals surface area contributed by atoms with Crippen LogP contribution in [-0.4, -0.2) is 42.4 Å². The maximum absolute atomic E-state index is 12.5. The first-order valence-electron chi connectivity index (χ1n) is 13.4. The zero-order chi connectivity index (χ0) is 22.5. The summed E-state index contributed by atoms with van der Waals surface area (Å²) >= 11 is 0. The lowest BCUT2D eigenvalue weighted by Crippen LogP contribution is -2.54. The molecule has 0 aromatic carbocycles. The fourth-order valence-electron chi connectivity index (χ4n) is 8.94. The summed E-state index contributed by atoms with van der Waals surface area (Å²) in [6, 6.07) is 0. The second kappa shape index (κ2) is 8.56. The summed E-state index contributed by atoms with van der Waals surface area (Å²) in [5.74, 6) is 3.16. The van der Waals surface area contributed by atoms with Gasteiger partial charge in [-0.2, -0.15) is 0 Å². The minimum Gasteiger partial charge on any atom is -0.462 e. The molecule has 178 valence electrons. The number of hydrogen-bond donors (Lipinski definition) is 0. The summed E-state index contributed by atoms with van der Waals surface area (Å²) in [6.45, 7) is 9.84. The monoisotopic (exact) mass is 441 g/mol. The normalized spacial score (nSPS) is 43.7. The molecule has 0 radical (unpaired) electrons. The first-order valence-corrected chi connectivity index (χ1v) is 13.4. The Bertz CT molecular complexity index is 784. The number of esters is 1. The number of carbonyl (C=O) groups excluding carboxylic acids is 2. The highest BCUT2D eigenvalue weighted by molar-refractivity contribution is 5.95. The molecule has 0 unspecified atom stereocenters. The third kappa shape index (κ3) is 3.79. The van der Waals surface area contributed by atoms with Crippen LogP contribution in [0.3, 0.4) is 0 Å². The van der Waals surface area contributed by atoms with E-state index in [-0.39, 0.29) is 17.5 Å². The van der Waals surface area contributed by atoms with Crippen LogP contribution in [0.15, 0.2) is 11.6 Å². The van der Waals surface area contributed by atoms with Crippen molar-refractivity contribution in [2.75, 3.05) is 19.6 Å². The summed E-state index contributed by atoms with van der Waals surface area (Å²) in [5.41, 5.74) is 1.61. The van der Waals surface area contributed by atoms with Gasteiger partial charge in [-0.15, -0.1) is 0 Å². The third-order valence-corrected chi connectivity index (χ3v) is 10.7. The molecule has 0 aromatic rings. The lowest BCUT2D eigenvalue weighted by molar-refractivity contribution is -0.161. The van der Waals surface area contributed by atoms with Crippen molar-refractivity contribution in [1.29, 1.82) is 0 Å². The third-order valence-electron chi connectivity index (χ3n) is 10.7. The van der Waals surface area contributed by atoms with Crippen LogP contribution in [0.5, 0.6) is 0 Å². The van der Waals surface area contributed by atoms with E-state index in [1.807, 2.05) is 0 Å². The number of Topliss-reactive ketones (excluding diaryl/α,β-unsaturated/α-hetero) is 1. The molecule has 4 fully saturated rings. The van der Waals surface area contributed by atoms with Gasteiger partial charge in [-0.25, -0.2) is 0 Å². The Balaban J connectivity index is 1.20. The minimum absolute atomic E-state index is 0.0152. The van der Waals surface area contributed by atoms with Crippen LogP contribution in [-0.2, 0) is 14.3 Å². The Kier molecular flexibility index (Phi) is 6.05. The largest absolute Gasteiger partial charge is 0.462 e. The Morgan fingerprint density at radius 3 is 2.59 bits per heavy atom. The van der Waals surface area contributed by atoms with E-state index in [0.717, 1.165) is 56.3 Å². The molecule has 0 amide bonds. The number of ether oxygens (including phenoxy) is 1. The number of ketones is 1. The maximum Gasteiger partial charge on any atom is 0.307 e. The molecule has 5 rings (SSSR count). The van der Waals surface area contributed by atoms with E-state index in [2.05, 4.69) is 24.8 Å². The molecule has 4 nitrogen and oxygen atoms in total. The highest BCUT2D eigenvalue weighted by atomic mass is 16.5. The Morgan fingerprint density at radius 1 is 1.06 bits per heavy atom. The first kappa shape index (κ1) is 22.6. The molecule has 1 heterocycles. The Hall–Kier alpha value is -1.16. The van der Waals surface area contributed by atoms with Gasteiger partial charge < -0.3 is 9.64 Å². The molecule has 0 bridgehead atoms. The molecule has 5 aliphatic rings. The van der Waals surface area contributed by atoms with Gasteiger partial charge in [-0.3, -0.25) is 9.59 Å². The first-order chi connectivity index (χ1) is 15.3. The van der Waals surface area contributed by atoms with E-state index in [0.29, 0.717) is 29.5 Å². The van der Waals surface area contributed by atoms with Crippen LogP contribution >= 0.6 is 0 Å². The molecule has 0 N–H and O–H groups in total. The molecule has 0 aromatic heterocycles. The lowest BCUT2D eigenvalue weighted by Gasteiger charge is -2.60. The van der Waals surface area contributed by atoms with Crippen LogP contribution in [0.25, 0.3) is 0 Å². The van der Waals surface area contributed by atoms with Gasteiger partial charge in [0.25, 0.3) is 0 Å². The van der Waals surface area contributed by atoms with Gasteiger partial charge in [-0.05, 0) is 124 Å². The molecular weight excluding hydrogens is 398 g/mol. The van der Waals surface area contributed by atoms with Crippen molar-refractivity contribution < 1.29 is 14.3 Å². The van der Waals surface area contributed by atoms with Crippen molar-refractivity contribution in [2.45, 2.75) is 97.5 Å². The number of carbonyl (C=O) groups is 2. The van der Waals surface area contributed by atoms with Gasteiger partial charge >= 0.3 is 5.97 Å². The van der Waals surface area contributed by atoms with E-state index in [1.165, 1.54) is 44.9 Å². The zero-order valence-corrected chi connectivity index (χ0v) is 20.5. The summed E-state index contributed by atoms with van der Waals surface area (Å²) in [7, 11) is 0. The fourth-order valence-corrected chi connectivity index (χ4v) is 8.94. The number of likely N-dealkylation sites (tertiary alicyclic amines) is 1. The lowest BCUT2D eigenvalue weighted by atomic mass is 9.44. The highest BCUT2D eigenvalue weighted by Gasteiger charge is 2.59. The molecule has 3 saturated carbocycles. The van der Waals surface area contributed by atoms with Crippen LogP contribution in [0, 0.1) is 34.5 Å². The van der Waals surface area contributed by atoms with Crippen molar-refractivity contribution in [3.05, 3.63) is 11.6 Å². The van der Waals surface area contributed by atoms with Gasteiger partial charge in [0.1, 0.15) is 6.10 Å². The SMILES string of the molecule is CC(=O)C1=CC[C@@H]2[C@@H]3CC[C@H]4C[C@H](OC(=O)CCN5CCCC5)CC[C@]4(C)[C@@H]3CC[C@]12C. The standard InChI is InChI=1S/C28H43NO3/c1-19(30)23-8-9-24-22-7-6-20-18-21(32-26(31)12-17-29-15-4-5-16-29)10-13-27(20,2)25(22)11-14-28(23,24)3/h8,20-22,24-25H,4-7,9-18H2,1-3H3/t20-,21+,22-,24+,25+,27-,28+/m0/s1. The average Bonchev–Trinajstić information content (AvgIpc) is 3.39. The molecule has 32 heavy (non-hydrogen) atoms. The van der Waals surface area contributed by atoms with Crippen molar-refractivity contribution in [1.82, 2.24) is 4.90 Å². The van der Waals surface area contributed by atoms with Crippen LogP contribution < -0.4 is 0 Å². The Morgan fingerprint density at radius 2 is 1.84 bits per heavy atom. The van der Waals surface area contributed by atoms with Crippen molar-refractivity contribution in [3.63, 3.8) is 0 Å². The van der Waals surface area contributed by atoms with Crippen LogP contribution in [0.2, 0.25) is 0 Å².